The molecule has 1 aromatic rings. The molecule has 2 heterocycles. The van der Waals surface area contributed by atoms with E-state index in [1.165, 1.54) is 28.6 Å². The summed E-state index contributed by atoms with van der Waals surface area (Å²) in [5.41, 5.74) is 9.88. The summed E-state index contributed by atoms with van der Waals surface area (Å²) >= 11 is 1.43. The van der Waals surface area contributed by atoms with Gasteiger partial charge in [0.2, 0.25) is 0 Å². The zero-order valence-corrected chi connectivity index (χ0v) is 12.7. The summed E-state index contributed by atoms with van der Waals surface area (Å²) < 4.78 is 16.7. The molecular formula is C12H18N4O5S. The molecule has 22 heavy (non-hydrogen) atoms. The van der Waals surface area contributed by atoms with E-state index in [4.69, 9.17) is 25.7 Å². The number of carbonyl (C=O) groups excluding carboxylic acids is 1. The maximum atomic E-state index is 11.7. The Morgan fingerprint density at radius 3 is 3.09 bits per heavy atom. The second-order valence-electron chi connectivity index (χ2n) is 4.45. The predicted molar refractivity (Wildman–Crippen MR) is 80.2 cm³/mol. The standard InChI is InChI=1S/C12H18N4O5S/c13-3-1-5-19-12(18)20-6-10-21-9(7-22-10)16-4-2-8(14)15-11(16)17/h2,4,9-10H,1,3,5-7,13H2,(H2,14,15,17)/t9-,10-/m0/s1. The number of rotatable bonds is 6. The number of aromatic nitrogens is 2. The Kier molecular flexibility index (Phi) is 6.04. The highest BCUT2D eigenvalue weighted by molar-refractivity contribution is 8.00. The molecule has 0 spiro atoms. The van der Waals surface area contributed by atoms with Gasteiger partial charge in [0.25, 0.3) is 0 Å². The van der Waals surface area contributed by atoms with Crippen molar-refractivity contribution >= 4 is 23.7 Å². The average Bonchev–Trinajstić information content (AvgIpc) is 2.94. The van der Waals surface area contributed by atoms with E-state index in [0.29, 0.717) is 18.7 Å². The molecule has 0 saturated carbocycles. The second kappa shape index (κ2) is 8.01. The molecule has 1 saturated heterocycles. The minimum Gasteiger partial charge on any atom is -0.434 e. The van der Waals surface area contributed by atoms with Crippen LogP contribution in [0, 0.1) is 0 Å². The van der Waals surface area contributed by atoms with E-state index in [2.05, 4.69) is 4.98 Å². The Morgan fingerprint density at radius 1 is 1.55 bits per heavy atom. The number of nitrogens with zero attached hydrogens (tertiary/aromatic N) is 2. The van der Waals surface area contributed by atoms with Gasteiger partial charge < -0.3 is 25.7 Å². The number of carbonyl (C=O) groups is 1. The lowest BCUT2D eigenvalue weighted by Gasteiger charge is -2.14. The fourth-order valence-electron chi connectivity index (χ4n) is 1.74. The first-order valence-electron chi connectivity index (χ1n) is 6.71. The third-order valence-corrected chi connectivity index (χ3v) is 3.90. The third kappa shape index (κ3) is 4.61. The minimum absolute atomic E-state index is 0.0414. The molecule has 122 valence electrons. The van der Waals surface area contributed by atoms with Crippen LogP contribution in [0.25, 0.3) is 0 Å². The van der Waals surface area contributed by atoms with Crippen molar-refractivity contribution in [2.24, 2.45) is 5.73 Å². The maximum Gasteiger partial charge on any atom is 0.508 e. The second-order valence-corrected chi connectivity index (χ2v) is 5.64. The van der Waals surface area contributed by atoms with E-state index in [0.717, 1.165) is 0 Å². The van der Waals surface area contributed by atoms with Crippen molar-refractivity contribution < 1.29 is 19.0 Å². The summed E-state index contributed by atoms with van der Waals surface area (Å²) in [7, 11) is 0. The van der Waals surface area contributed by atoms with Crippen molar-refractivity contribution in [1.82, 2.24) is 9.55 Å². The number of hydrogen-bond acceptors (Lipinski definition) is 9. The first-order chi connectivity index (χ1) is 10.6. The number of nitrogen functional groups attached to an aromatic ring is 1. The van der Waals surface area contributed by atoms with Gasteiger partial charge in [-0.3, -0.25) is 4.57 Å². The first kappa shape index (κ1) is 16.6. The molecule has 1 fully saturated rings. The van der Waals surface area contributed by atoms with Crippen LogP contribution in [0.15, 0.2) is 17.1 Å². The number of nitrogens with two attached hydrogens (primary N) is 2. The normalized spacial score (nSPS) is 20.8. The third-order valence-electron chi connectivity index (χ3n) is 2.80. The summed E-state index contributed by atoms with van der Waals surface area (Å²) in [4.78, 5) is 26.6. The van der Waals surface area contributed by atoms with E-state index in [9.17, 15) is 9.59 Å². The van der Waals surface area contributed by atoms with Gasteiger partial charge in [0.05, 0.1) is 6.61 Å². The zero-order valence-electron chi connectivity index (χ0n) is 11.8. The Bertz CT molecular complexity index is 567. The van der Waals surface area contributed by atoms with Crippen LogP contribution in [0.2, 0.25) is 0 Å². The number of anilines is 1. The van der Waals surface area contributed by atoms with Gasteiger partial charge in [-0.1, -0.05) is 0 Å². The van der Waals surface area contributed by atoms with Crippen LogP contribution in [0.5, 0.6) is 0 Å². The summed E-state index contributed by atoms with van der Waals surface area (Å²) in [6, 6.07) is 1.52. The Labute approximate surface area is 130 Å². The molecule has 4 N–H and O–H groups in total. The molecule has 2 atom stereocenters. The van der Waals surface area contributed by atoms with Crippen LogP contribution < -0.4 is 17.2 Å². The topological polar surface area (TPSA) is 132 Å². The van der Waals surface area contributed by atoms with Gasteiger partial charge in [-0.2, -0.15) is 4.98 Å². The van der Waals surface area contributed by atoms with Crippen molar-refractivity contribution in [3.63, 3.8) is 0 Å². The largest absolute Gasteiger partial charge is 0.508 e. The van der Waals surface area contributed by atoms with Crippen molar-refractivity contribution in [1.29, 1.82) is 0 Å². The summed E-state index contributed by atoms with van der Waals surface area (Å²) in [5.74, 6) is 0.703. The Hall–Kier alpha value is -1.78. The highest BCUT2D eigenvalue weighted by atomic mass is 32.2. The van der Waals surface area contributed by atoms with Crippen LogP contribution in [0.3, 0.4) is 0 Å². The van der Waals surface area contributed by atoms with E-state index in [1.807, 2.05) is 0 Å². The smallest absolute Gasteiger partial charge is 0.434 e. The molecule has 0 amide bonds. The number of hydrogen-bond donors (Lipinski definition) is 2. The lowest BCUT2D eigenvalue weighted by atomic mass is 10.5. The Morgan fingerprint density at radius 2 is 2.36 bits per heavy atom. The molecule has 2 rings (SSSR count). The molecule has 0 bridgehead atoms. The van der Waals surface area contributed by atoms with Gasteiger partial charge in [0.15, 0.2) is 0 Å². The fourth-order valence-corrected chi connectivity index (χ4v) is 2.73. The van der Waals surface area contributed by atoms with Crippen molar-refractivity contribution in [2.75, 3.05) is 31.2 Å². The average molecular weight is 330 g/mol. The molecule has 0 radical (unpaired) electrons. The predicted octanol–water partition coefficient (Wildman–Crippen LogP) is -0.0844. The monoisotopic (exact) mass is 330 g/mol. The van der Waals surface area contributed by atoms with Gasteiger partial charge in [0.1, 0.15) is 24.1 Å². The van der Waals surface area contributed by atoms with E-state index in [1.54, 1.807) is 0 Å². The quantitative estimate of drug-likeness (QED) is 0.542. The van der Waals surface area contributed by atoms with Gasteiger partial charge >= 0.3 is 11.8 Å². The molecule has 10 heteroatoms. The van der Waals surface area contributed by atoms with Crippen molar-refractivity contribution in [3.05, 3.63) is 22.7 Å². The van der Waals surface area contributed by atoms with Gasteiger partial charge in [0, 0.05) is 11.9 Å². The van der Waals surface area contributed by atoms with Crippen molar-refractivity contribution in [3.8, 4) is 0 Å². The van der Waals surface area contributed by atoms with Crippen LogP contribution >= 0.6 is 11.8 Å². The zero-order chi connectivity index (χ0) is 15.9. The molecule has 1 aromatic heterocycles. The van der Waals surface area contributed by atoms with Gasteiger partial charge in [-0.15, -0.1) is 11.8 Å². The lowest BCUT2D eigenvalue weighted by Crippen LogP contribution is -2.29. The molecule has 0 aromatic carbocycles. The minimum atomic E-state index is -0.757. The summed E-state index contributed by atoms with van der Waals surface area (Å²) in [5, 5.41) is 0. The Balaban J connectivity index is 1.78. The van der Waals surface area contributed by atoms with Crippen LogP contribution in [-0.2, 0) is 14.2 Å². The number of ether oxygens (including phenoxy) is 3. The first-order valence-corrected chi connectivity index (χ1v) is 7.76. The molecule has 9 nitrogen and oxygen atoms in total. The molecule has 0 unspecified atom stereocenters. The molecule has 1 aliphatic rings. The summed E-state index contributed by atoms with van der Waals surface area (Å²) in [6.07, 6.45) is 0.888. The maximum absolute atomic E-state index is 11.7. The van der Waals surface area contributed by atoms with Crippen molar-refractivity contribution in [2.45, 2.75) is 18.1 Å². The van der Waals surface area contributed by atoms with E-state index >= 15 is 0 Å². The van der Waals surface area contributed by atoms with Gasteiger partial charge in [-0.05, 0) is 19.0 Å². The summed E-state index contributed by atoms with van der Waals surface area (Å²) in [6.45, 7) is 0.712. The van der Waals surface area contributed by atoms with Gasteiger partial charge in [-0.25, -0.2) is 9.59 Å². The molecular weight excluding hydrogens is 312 g/mol. The molecule has 1 aliphatic heterocycles. The fraction of sp³-hybridized carbons (Fsp3) is 0.583. The van der Waals surface area contributed by atoms with Crippen LogP contribution in [0.4, 0.5) is 10.6 Å². The number of thioether (sulfide) groups is 1. The highest BCUT2D eigenvalue weighted by Gasteiger charge is 2.29. The van der Waals surface area contributed by atoms with E-state index < -0.39 is 18.1 Å². The lowest BCUT2D eigenvalue weighted by molar-refractivity contribution is -0.0237. The van der Waals surface area contributed by atoms with E-state index in [-0.39, 0.29) is 24.5 Å². The van der Waals surface area contributed by atoms with Crippen LogP contribution in [-0.4, -0.2) is 46.7 Å². The van der Waals surface area contributed by atoms with Crippen LogP contribution in [0.1, 0.15) is 12.6 Å². The highest BCUT2D eigenvalue weighted by Crippen LogP contribution is 2.31. The SMILES string of the molecule is NCCCOC(=O)OC[C@H]1O[C@H](n2ccc(N)nc2=O)CS1. The molecule has 0 aliphatic carbocycles.